The van der Waals surface area contributed by atoms with E-state index >= 15 is 0 Å². The minimum Gasteiger partial charge on any atom is -0.389 e. The van der Waals surface area contributed by atoms with Crippen LogP contribution in [0.4, 0.5) is 5.82 Å². The Morgan fingerprint density at radius 1 is 1.67 bits per heavy atom. The summed E-state index contributed by atoms with van der Waals surface area (Å²) in [5.41, 5.74) is 6.49. The number of hydrogen-bond donors (Lipinski definition) is 2. The number of aryl methyl sites for hydroxylation is 1. The fraction of sp³-hybridized carbons (Fsp3) is 0.400. The number of amides is 1. The summed E-state index contributed by atoms with van der Waals surface area (Å²) in [5.74, 6) is 0.247. The normalized spacial score (nSPS) is 16.3. The molecule has 0 radical (unpaired) electrons. The lowest BCUT2D eigenvalue weighted by Gasteiger charge is -2.37. The molecule has 0 spiro atoms. The van der Waals surface area contributed by atoms with Crippen LogP contribution < -0.4 is 10.6 Å². The van der Waals surface area contributed by atoms with Crippen LogP contribution >= 0.6 is 0 Å². The molecule has 1 aromatic rings. The molecule has 0 atom stereocenters. The Hall–Kier alpha value is -1.62. The molecule has 2 heterocycles. The smallest absolute Gasteiger partial charge is 0.249 e. The number of carbonyl (C=O) groups is 1. The van der Waals surface area contributed by atoms with Crippen LogP contribution in [0.15, 0.2) is 12.3 Å². The van der Waals surface area contributed by atoms with Crippen LogP contribution in [0.5, 0.6) is 0 Å². The predicted octanol–water partition coefficient (Wildman–Crippen LogP) is -0.330. The zero-order valence-corrected chi connectivity index (χ0v) is 8.47. The number of carbonyl (C=O) groups excluding carboxylic acids is 1. The van der Waals surface area contributed by atoms with Gasteiger partial charge in [0.1, 0.15) is 5.82 Å². The topological polar surface area (TPSA) is 79.4 Å². The SMILES string of the molecule is Cc1cnc(N2CC(O)C2)cc1C(N)=O. The lowest BCUT2D eigenvalue weighted by atomic mass is 10.1. The van der Waals surface area contributed by atoms with Gasteiger partial charge in [-0.15, -0.1) is 0 Å². The predicted molar refractivity (Wildman–Crippen MR) is 55.7 cm³/mol. The Labute approximate surface area is 87.5 Å². The number of nitrogens with two attached hydrogens (primary N) is 1. The van der Waals surface area contributed by atoms with Crippen LogP contribution in [0.3, 0.4) is 0 Å². The van der Waals surface area contributed by atoms with E-state index in [1.165, 1.54) is 0 Å². The van der Waals surface area contributed by atoms with Gasteiger partial charge in [0.15, 0.2) is 0 Å². The molecule has 1 aromatic heterocycles. The van der Waals surface area contributed by atoms with Crippen molar-refractivity contribution in [2.24, 2.45) is 5.73 Å². The number of nitrogens with zero attached hydrogens (tertiary/aromatic N) is 2. The van der Waals surface area contributed by atoms with Crippen LogP contribution in [0.1, 0.15) is 15.9 Å². The van der Waals surface area contributed by atoms with Gasteiger partial charge >= 0.3 is 0 Å². The van der Waals surface area contributed by atoms with Crippen molar-refractivity contribution in [1.29, 1.82) is 0 Å². The highest BCUT2D eigenvalue weighted by Gasteiger charge is 2.26. The highest BCUT2D eigenvalue weighted by Crippen LogP contribution is 2.20. The fourth-order valence-electron chi connectivity index (χ4n) is 1.59. The molecule has 2 rings (SSSR count). The molecule has 1 saturated heterocycles. The summed E-state index contributed by atoms with van der Waals surface area (Å²) >= 11 is 0. The second-order valence-corrected chi connectivity index (χ2v) is 3.78. The molecule has 0 aromatic carbocycles. The van der Waals surface area contributed by atoms with Gasteiger partial charge in [-0.25, -0.2) is 4.98 Å². The number of hydrogen-bond acceptors (Lipinski definition) is 4. The molecular formula is C10H13N3O2. The van der Waals surface area contributed by atoms with Gasteiger partial charge in [-0.05, 0) is 18.6 Å². The number of β-amino-alcohol motifs (C(OH)–C–C–N with tert-alkyl or cyclic N) is 1. The van der Waals surface area contributed by atoms with E-state index in [-0.39, 0.29) is 6.10 Å². The van der Waals surface area contributed by atoms with Crippen LogP contribution in [0.2, 0.25) is 0 Å². The van der Waals surface area contributed by atoms with Crippen molar-refractivity contribution >= 4 is 11.7 Å². The Balaban J connectivity index is 2.27. The number of anilines is 1. The van der Waals surface area contributed by atoms with Crippen molar-refractivity contribution in [2.75, 3.05) is 18.0 Å². The van der Waals surface area contributed by atoms with Crippen molar-refractivity contribution in [2.45, 2.75) is 13.0 Å². The molecule has 80 valence electrons. The highest BCUT2D eigenvalue weighted by molar-refractivity contribution is 5.94. The number of aliphatic hydroxyl groups is 1. The molecular weight excluding hydrogens is 194 g/mol. The van der Waals surface area contributed by atoms with E-state index in [2.05, 4.69) is 4.98 Å². The zero-order valence-electron chi connectivity index (χ0n) is 8.47. The third-order valence-corrected chi connectivity index (χ3v) is 2.54. The molecule has 0 aliphatic carbocycles. The lowest BCUT2D eigenvalue weighted by Crippen LogP contribution is -2.51. The lowest BCUT2D eigenvalue weighted by molar-refractivity contribution is 0.0999. The average molecular weight is 207 g/mol. The first kappa shape index (κ1) is 9.92. The standard InChI is InChI=1S/C10H13N3O2/c1-6-3-12-9(2-8(6)10(11)15)13-4-7(14)5-13/h2-3,7,14H,4-5H2,1H3,(H2,11,15). The third kappa shape index (κ3) is 1.78. The zero-order chi connectivity index (χ0) is 11.0. The Morgan fingerprint density at radius 2 is 2.33 bits per heavy atom. The number of rotatable bonds is 2. The number of aromatic nitrogens is 1. The van der Waals surface area contributed by atoms with Crippen molar-refractivity contribution < 1.29 is 9.90 Å². The van der Waals surface area contributed by atoms with E-state index in [4.69, 9.17) is 10.8 Å². The highest BCUT2D eigenvalue weighted by atomic mass is 16.3. The first-order valence-corrected chi connectivity index (χ1v) is 4.77. The van der Waals surface area contributed by atoms with E-state index in [0.717, 1.165) is 5.56 Å². The van der Waals surface area contributed by atoms with Gasteiger partial charge in [0.25, 0.3) is 0 Å². The van der Waals surface area contributed by atoms with E-state index < -0.39 is 5.91 Å². The van der Waals surface area contributed by atoms with Crippen molar-refractivity contribution in [3.63, 3.8) is 0 Å². The summed E-state index contributed by atoms with van der Waals surface area (Å²) in [6.45, 7) is 2.92. The molecule has 1 aliphatic heterocycles. The van der Waals surface area contributed by atoms with E-state index in [9.17, 15) is 4.79 Å². The van der Waals surface area contributed by atoms with Gasteiger partial charge in [-0.1, -0.05) is 0 Å². The van der Waals surface area contributed by atoms with Gasteiger partial charge < -0.3 is 15.7 Å². The van der Waals surface area contributed by atoms with E-state index in [0.29, 0.717) is 24.5 Å². The molecule has 1 fully saturated rings. The quantitative estimate of drug-likeness (QED) is 0.696. The third-order valence-electron chi connectivity index (χ3n) is 2.54. The number of aliphatic hydroxyl groups excluding tert-OH is 1. The summed E-state index contributed by atoms with van der Waals surface area (Å²) in [6, 6.07) is 1.67. The maximum absolute atomic E-state index is 11.1. The molecule has 1 aliphatic rings. The summed E-state index contributed by atoms with van der Waals surface area (Å²) in [4.78, 5) is 17.2. The largest absolute Gasteiger partial charge is 0.389 e. The van der Waals surface area contributed by atoms with E-state index in [1.54, 1.807) is 19.2 Å². The molecule has 0 bridgehead atoms. The van der Waals surface area contributed by atoms with Crippen LogP contribution in [0, 0.1) is 6.92 Å². The second-order valence-electron chi connectivity index (χ2n) is 3.78. The average Bonchev–Trinajstić information content (AvgIpc) is 2.14. The van der Waals surface area contributed by atoms with Crippen LogP contribution in [-0.4, -0.2) is 35.2 Å². The van der Waals surface area contributed by atoms with Gasteiger partial charge in [0.2, 0.25) is 5.91 Å². The van der Waals surface area contributed by atoms with Crippen molar-refractivity contribution in [3.05, 3.63) is 23.4 Å². The molecule has 5 nitrogen and oxygen atoms in total. The monoisotopic (exact) mass is 207 g/mol. The van der Waals surface area contributed by atoms with Crippen molar-refractivity contribution in [1.82, 2.24) is 4.98 Å². The summed E-state index contributed by atoms with van der Waals surface area (Å²) in [6.07, 6.45) is 1.34. The molecule has 0 unspecified atom stereocenters. The summed E-state index contributed by atoms with van der Waals surface area (Å²) in [5, 5.41) is 9.15. The summed E-state index contributed by atoms with van der Waals surface area (Å²) in [7, 11) is 0. The molecule has 1 amide bonds. The first-order valence-electron chi connectivity index (χ1n) is 4.77. The maximum atomic E-state index is 11.1. The molecule has 5 heteroatoms. The van der Waals surface area contributed by atoms with Gasteiger partial charge in [-0.2, -0.15) is 0 Å². The van der Waals surface area contributed by atoms with Gasteiger partial charge in [-0.3, -0.25) is 4.79 Å². The molecule has 3 N–H and O–H groups in total. The molecule has 15 heavy (non-hydrogen) atoms. The second kappa shape index (κ2) is 3.51. The van der Waals surface area contributed by atoms with Gasteiger partial charge in [0, 0.05) is 24.8 Å². The first-order chi connectivity index (χ1) is 7.08. The minimum absolute atomic E-state index is 0.287. The Kier molecular flexibility index (Phi) is 2.32. The maximum Gasteiger partial charge on any atom is 0.249 e. The van der Waals surface area contributed by atoms with Crippen molar-refractivity contribution in [3.8, 4) is 0 Å². The Morgan fingerprint density at radius 3 is 2.87 bits per heavy atom. The summed E-state index contributed by atoms with van der Waals surface area (Å²) < 4.78 is 0. The Bertz CT molecular complexity index is 400. The number of pyridine rings is 1. The fourth-order valence-corrected chi connectivity index (χ4v) is 1.59. The number of primary amides is 1. The molecule has 0 saturated carbocycles. The van der Waals surface area contributed by atoms with Crippen LogP contribution in [-0.2, 0) is 0 Å². The van der Waals surface area contributed by atoms with E-state index in [1.807, 2.05) is 4.90 Å². The van der Waals surface area contributed by atoms with Gasteiger partial charge in [0.05, 0.1) is 6.10 Å². The minimum atomic E-state index is -0.447. The van der Waals surface area contributed by atoms with Crippen LogP contribution in [0.25, 0.3) is 0 Å².